The summed E-state index contributed by atoms with van der Waals surface area (Å²) in [5, 5.41) is 17.3. The van der Waals surface area contributed by atoms with Crippen LogP contribution in [0.2, 0.25) is 0 Å². The SMILES string of the molecule is Cc1ccccc1CNC(=O)[C@H](C)n1cc([N+](=O)[O-])cn1. The molecule has 0 fully saturated rings. The molecule has 0 saturated carbocycles. The second-order valence-electron chi connectivity index (χ2n) is 4.76. The van der Waals surface area contributed by atoms with Crippen LogP contribution >= 0.6 is 0 Å². The van der Waals surface area contributed by atoms with Gasteiger partial charge in [-0.15, -0.1) is 0 Å². The van der Waals surface area contributed by atoms with Crippen molar-refractivity contribution in [3.8, 4) is 0 Å². The summed E-state index contributed by atoms with van der Waals surface area (Å²) in [7, 11) is 0. The van der Waals surface area contributed by atoms with Crippen molar-refractivity contribution in [2.45, 2.75) is 26.4 Å². The first-order valence-electron chi connectivity index (χ1n) is 6.50. The third-order valence-electron chi connectivity index (χ3n) is 3.29. The molecule has 0 bridgehead atoms. The van der Waals surface area contributed by atoms with E-state index < -0.39 is 11.0 Å². The number of benzene rings is 1. The van der Waals surface area contributed by atoms with Crippen molar-refractivity contribution < 1.29 is 9.72 Å². The molecule has 2 rings (SSSR count). The first kappa shape index (κ1) is 14.7. The van der Waals surface area contributed by atoms with E-state index in [2.05, 4.69) is 10.4 Å². The number of nitrogens with zero attached hydrogens (tertiary/aromatic N) is 3. The molecule has 0 unspecified atom stereocenters. The molecule has 21 heavy (non-hydrogen) atoms. The minimum Gasteiger partial charge on any atom is -0.350 e. The van der Waals surface area contributed by atoms with Gasteiger partial charge in [-0.25, -0.2) is 0 Å². The van der Waals surface area contributed by atoms with E-state index in [1.807, 2.05) is 31.2 Å². The lowest BCUT2D eigenvalue weighted by atomic mass is 10.1. The highest BCUT2D eigenvalue weighted by atomic mass is 16.6. The van der Waals surface area contributed by atoms with E-state index in [1.54, 1.807) is 6.92 Å². The number of amides is 1. The first-order chi connectivity index (χ1) is 9.99. The summed E-state index contributed by atoms with van der Waals surface area (Å²) in [5.74, 6) is -0.240. The molecular formula is C14H16N4O3. The maximum Gasteiger partial charge on any atom is 0.307 e. The lowest BCUT2D eigenvalue weighted by Crippen LogP contribution is -2.31. The van der Waals surface area contributed by atoms with Crippen LogP contribution in [0, 0.1) is 17.0 Å². The number of nitrogens with one attached hydrogen (secondary N) is 1. The fourth-order valence-electron chi connectivity index (χ4n) is 1.89. The van der Waals surface area contributed by atoms with E-state index in [0.29, 0.717) is 6.54 Å². The predicted molar refractivity (Wildman–Crippen MR) is 76.6 cm³/mol. The molecule has 1 atom stereocenters. The Morgan fingerprint density at radius 3 is 2.81 bits per heavy atom. The largest absolute Gasteiger partial charge is 0.350 e. The van der Waals surface area contributed by atoms with Crippen LogP contribution in [0.25, 0.3) is 0 Å². The molecule has 1 amide bonds. The Bertz CT molecular complexity index is 666. The number of carbonyl (C=O) groups is 1. The molecule has 1 aromatic heterocycles. The molecule has 7 nitrogen and oxygen atoms in total. The van der Waals surface area contributed by atoms with Gasteiger partial charge in [0.2, 0.25) is 5.91 Å². The van der Waals surface area contributed by atoms with Crippen molar-refractivity contribution in [2.75, 3.05) is 0 Å². The highest BCUT2D eigenvalue weighted by Gasteiger charge is 2.18. The molecule has 0 aliphatic carbocycles. The molecule has 1 aromatic carbocycles. The smallest absolute Gasteiger partial charge is 0.307 e. The summed E-state index contributed by atoms with van der Waals surface area (Å²) in [6.07, 6.45) is 2.38. The van der Waals surface area contributed by atoms with Crippen LogP contribution in [-0.4, -0.2) is 20.6 Å². The van der Waals surface area contributed by atoms with E-state index >= 15 is 0 Å². The number of rotatable bonds is 5. The summed E-state index contributed by atoms with van der Waals surface area (Å²) in [5.41, 5.74) is 2.00. The second kappa shape index (κ2) is 6.17. The maximum absolute atomic E-state index is 12.1. The topological polar surface area (TPSA) is 90.1 Å². The molecule has 0 saturated heterocycles. The molecule has 0 radical (unpaired) electrons. The predicted octanol–water partition coefficient (Wildman–Crippen LogP) is 1.98. The summed E-state index contributed by atoms with van der Waals surface area (Å²) < 4.78 is 1.28. The molecule has 110 valence electrons. The number of nitro groups is 1. The van der Waals surface area contributed by atoms with E-state index in [0.717, 1.165) is 17.3 Å². The monoisotopic (exact) mass is 288 g/mol. The molecule has 7 heteroatoms. The second-order valence-corrected chi connectivity index (χ2v) is 4.76. The molecule has 2 aromatic rings. The molecule has 0 aliphatic heterocycles. The Kier molecular flexibility index (Phi) is 4.32. The third kappa shape index (κ3) is 3.44. The molecule has 0 aliphatic rings. The lowest BCUT2D eigenvalue weighted by Gasteiger charge is -2.13. The van der Waals surface area contributed by atoms with Crippen molar-refractivity contribution in [3.05, 3.63) is 57.9 Å². The van der Waals surface area contributed by atoms with E-state index in [1.165, 1.54) is 10.9 Å². The summed E-state index contributed by atoms with van der Waals surface area (Å²) in [6, 6.07) is 7.16. The van der Waals surface area contributed by atoms with Gasteiger partial charge in [0.25, 0.3) is 0 Å². The van der Waals surface area contributed by atoms with Gasteiger partial charge in [-0.3, -0.25) is 19.6 Å². The molecule has 0 spiro atoms. The Morgan fingerprint density at radius 1 is 1.48 bits per heavy atom. The zero-order valence-corrected chi connectivity index (χ0v) is 11.8. The van der Waals surface area contributed by atoms with Crippen LogP contribution in [0.1, 0.15) is 24.1 Å². The van der Waals surface area contributed by atoms with Gasteiger partial charge in [-0.2, -0.15) is 5.10 Å². The number of aromatic nitrogens is 2. The summed E-state index contributed by atoms with van der Waals surface area (Å²) in [6.45, 7) is 4.03. The van der Waals surface area contributed by atoms with E-state index in [4.69, 9.17) is 0 Å². The fraction of sp³-hybridized carbons (Fsp3) is 0.286. The minimum atomic E-state index is -0.609. The number of hydrogen-bond donors (Lipinski definition) is 1. The van der Waals surface area contributed by atoms with Gasteiger partial charge in [-0.05, 0) is 25.0 Å². The normalized spacial score (nSPS) is 11.9. The Labute approximate surface area is 121 Å². The molecule has 1 N–H and O–H groups in total. The fourth-order valence-corrected chi connectivity index (χ4v) is 1.89. The van der Waals surface area contributed by atoms with Crippen molar-refractivity contribution in [3.63, 3.8) is 0 Å². The highest BCUT2D eigenvalue weighted by Crippen LogP contribution is 2.13. The standard InChI is InChI=1S/C14H16N4O3/c1-10-5-3-4-6-12(10)7-15-14(19)11(2)17-9-13(8-16-17)18(20)21/h3-6,8-9,11H,7H2,1-2H3,(H,15,19)/t11-/m0/s1. The van der Waals surface area contributed by atoms with Crippen LogP contribution in [0.15, 0.2) is 36.7 Å². The Hall–Kier alpha value is -2.70. The van der Waals surface area contributed by atoms with Gasteiger partial charge in [0.1, 0.15) is 18.4 Å². The van der Waals surface area contributed by atoms with Gasteiger partial charge in [0, 0.05) is 6.54 Å². The van der Waals surface area contributed by atoms with E-state index in [9.17, 15) is 14.9 Å². The number of carbonyl (C=O) groups excluding carboxylic acids is 1. The van der Waals surface area contributed by atoms with Gasteiger partial charge in [-0.1, -0.05) is 24.3 Å². The van der Waals surface area contributed by atoms with Crippen LogP contribution in [0.4, 0.5) is 5.69 Å². The Balaban J connectivity index is 1.99. The average molecular weight is 288 g/mol. The van der Waals surface area contributed by atoms with Crippen molar-refractivity contribution in [1.82, 2.24) is 15.1 Å². The van der Waals surface area contributed by atoms with Gasteiger partial charge in [0.15, 0.2) is 0 Å². The van der Waals surface area contributed by atoms with Crippen molar-refractivity contribution >= 4 is 11.6 Å². The van der Waals surface area contributed by atoms with Crippen LogP contribution in [0.5, 0.6) is 0 Å². The van der Waals surface area contributed by atoms with Gasteiger partial charge >= 0.3 is 5.69 Å². The average Bonchev–Trinajstić information content (AvgIpc) is 2.95. The lowest BCUT2D eigenvalue weighted by molar-refractivity contribution is -0.385. The first-order valence-corrected chi connectivity index (χ1v) is 6.50. The summed E-state index contributed by atoms with van der Waals surface area (Å²) in [4.78, 5) is 22.1. The third-order valence-corrected chi connectivity index (χ3v) is 3.29. The zero-order valence-electron chi connectivity index (χ0n) is 11.8. The van der Waals surface area contributed by atoms with Crippen molar-refractivity contribution in [1.29, 1.82) is 0 Å². The maximum atomic E-state index is 12.1. The van der Waals surface area contributed by atoms with Crippen LogP contribution in [-0.2, 0) is 11.3 Å². The van der Waals surface area contributed by atoms with Gasteiger partial charge in [0.05, 0.1) is 4.92 Å². The Morgan fingerprint density at radius 2 is 2.19 bits per heavy atom. The minimum absolute atomic E-state index is 0.131. The zero-order chi connectivity index (χ0) is 15.4. The highest BCUT2D eigenvalue weighted by molar-refractivity contribution is 5.79. The molecular weight excluding hydrogens is 272 g/mol. The van der Waals surface area contributed by atoms with Crippen LogP contribution < -0.4 is 5.32 Å². The van der Waals surface area contributed by atoms with Crippen LogP contribution in [0.3, 0.4) is 0 Å². The van der Waals surface area contributed by atoms with E-state index in [-0.39, 0.29) is 11.6 Å². The number of hydrogen-bond acceptors (Lipinski definition) is 4. The quantitative estimate of drug-likeness (QED) is 0.672. The molecule has 1 heterocycles. The van der Waals surface area contributed by atoms with Gasteiger partial charge < -0.3 is 5.32 Å². The summed E-state index contributed by atoms with van der Waals surface area (Å²) >= 11 is 0. The number of aryl methyl sites for hydroxylation is 1. The van der Waals surface area contributed by atoms with Crippen molar-refractivity contribution in [2.24, 2.45) is 0 Å².